The predicted molar refractivity (Wildman–Crippen MR) is 191 cm³/mol. The van der Waals surface area contributed by atoms with Gasteiger partial charge in [-0.2, -0.15) is 0 Å². The van der Waals surface area contributed by atoms with Gasteiger partial charge in [0, 0.05) is 25.5 Å². The number of nitrogens with one attached hydrogen (secondary N) is 2. The Balaban J connectivity index is 1.38. The number of sulfone groups is 1. The highest BCUT2D eigenvalue weighted by atomic mass is 32.2. The summed E-state index contributed by atoms with van der Waals surface area (Å²) in [5.74, 6) is -3.22. The highest BCUT2D eigenvalue weighted by molar-refractivity contribution is 7.93. The molecule has 2 saturated carbocycles. The van der Waals surface area contributed by atoms with Crippen molar-refractivity contribution < 1.29 is 37.8 Å². The first-order chi connectivity index (χ1) is 24.4. The SMILES string of the molecule is CC(C)(C(=O)N1CCOCC1)S(=O)(=O)C[C@@H](Cc1ccccc1)C(=O)N[C@@H](Cn1ccnc1)C(=O)N[C@@H](CC1CCCCC1)[C@@H](O)[C@@H](O)C1CC1. The molecule has 0 bridgehead atoms. The fourth-order valence-corrected chi connectivity index (χ4v) is 8.88. The third-order valence-corrected chi connectivity index (χ3v) is 13.4. The molecule has 3 fully saturated rings. The number of imidazole rings is 1. The number of hydrogen-bond donors (Lipinski definition) is 4. The Morgan fingerprint density at radius 2 is 1.67 bits per heavy atom. The fraction of sp³-hybridized carbons (Fsp3) is 0.676. The molecule has 1 aliphatic heterocycles. The fourth-order valence-electron chi connectivity index (χ4n) is 7.27. The van der Waals surface area contributed by atoms with Gasteiger partial charge < -0.3 is 35.1 Å². The maximum absolute atomic E-state index is 14.2. The molecule has 51 heavy (non-hydrogen) atoms. The number of aliphatic hydroxyl groups excluding tert-OH is 2. The van der Waals surface area contributed by atoms with Crippen LogP contribution in [-0.4, -0.2) is 112 Å². The van der Waals surface area contributed by atoms with Crippen LogP contribution in [0.25, 0.3) is 0 Å². The van der Waals surface area contributed by atoms with Crippen molar-refractivity contribution in [2.24, 2.45) is 17.8 Å². The van der Waals surface area contributed by atoms with Crippen LogP contribution >= 0.6 is 0 Å². The Morgan fingerprint density at radius 1 is 0.980 bits per heavy atom. The van der Waals surface area contributed by atoms with Gasteiger partial charge in [0.2, 0.25) is 17.7 Å². The summed E-state index contributed by atoms with van der Waals surface area (Å²) in [7, 11) is -4.21. The molecule has 13 nitrogen and oxygen atoms in total. The van der Waals surface area contributed by atoms with Crippen LogP contribution in [0.15, 0.2) is 49.1 Å². The lowest BCUT2D eigenvalue weighted by molar-refractivity contribution is -0.137. The van der Waals surface area contributed by atoms with E-state index in [1.54, 1.807) is 41.2 Å². The molecule has 1 aromatic carbocycles. The average molecular weight is 730 g/mol. The van der Waals surface area contributed by atoms with Crippen LogP contribution < -0.4 is 10.6 Å². The zero-order valence-electron chi connectivity index (χ0n) is 29.9. The smallest absolute Gasteiger partial charge is 0.244 e. The van der Waals surface area contributed by atoms with Crippen LogP contribution in [0.2, 0.25) is 0 Å². The molecule has 282 valence electrons. The van der Waals surface area contributed by atoms with Crippen molar-refractivity contribution in [2.45, 2.75) is 107 Å². The number of morpholine rings is 1. The number of aliphatic hydroxyl groups is 2. The molecule has 3 aliphatic rings. The van der Waals surface area contributed by atoms with Crippen molar-refractivity contribution in [3.63, 3.8) is 0 Å². The first kappa shape index (κ1) is 38.9. The zero-order valence-corrected chi connectivity index (χ0v) is 30.7. The largest absolute Gasteiger partial charge is 0.390 e. The third kappa shape index (κ3) is 10.4. The zero-order chi connectivity index (χ0) is 36.6. The summed E-state index contributed by atoms with van der Waals surface area (Å²) < 4.78 is 33.3. The molecular weight excluding hydrogens is 675 g/mol. The van der Waals surface area contributed by atoms with E-state index in [4.69, 9.17) is 4.74 Å². The summed E-state index contributed by atoms with van der Waals surface area (Å²) in [6.07, 6.45) is 10.1. The van der Waals surface area contributed by atoms with Crippen molar-refractivity contribution in [1.29, 1.82) is 0 Å². The van der Waals surface area contributed by atoms with Gasteiger partial charge >= 0.3 is 0 Å². The molecule has 2 heterocycles. The van der Waals surface area contributed by atoms with Crippen molar-refractivity contribution >= 4 is 27.6 Å². The lowest BCUT2D eigenvalue weighted by Crippen LogP contribution is -2.58. The highest BCUT2D eigenvalue weighted by Crippen LogP contribution is 2.36. The second-order valence-electron chi connectivity index (χ2n) is 15.1. The maximum atomic E-state index is 14.2. The number of rotatable bonds is 17. The molecule has 4 N–H and O–H groups in total. The predicted octanol–water partition coefficient (Wildman–Crippen LogP) is 1.87. The van der Waals surface area contributed by atoms with E-state index < -0.39 is 68.3 Å². The Labute approximate surface area is 301 Å². The molecule has 1 saturated heterocycles. The average Bonchev–Trinajstić information content (AvgIpc) is 3.86. The van der Waals surface area contributed by atoms with Crippen molar-refractivity contribution in [3.05, 3.63) is 54.6 Å². The normalized spacial score (nSPS) is 20.5. The summed E-state index contributed by atoms with van der Waals surface area (Å²) in [4.78, 5) is 47.4. The van der Waals surface area contributed by atoms with E-state index in [2.05, 4.69) is 15.6 Å². The lowest BCUT2D eigenvalue weighted by atomic mass is 9.82. The number of amides is 3. The van der Waals surface area contributed by atoms with Gasteiger partial charge in [-0.1, -0.05) is 62.4 Å². The van der Waals surface area contributed by atoms with Crippen LogP contribution in [0.3, 0.4) is 0 Å². The summed E-state index contributed by atoms with van der Waals surface area (Å²) in [6, 6.07) is 7.13. The minimum atomic E-state index is -4.21. The van der Waals surface area contributed by atoms with Gasteiger partial charge in [0.1, 0.15) is 16.9 Å². The van der Waals surface area contributed by atoms with E-state index in [1.165, 1.54) is 25.1 Å². The number of ether oxygens (including phenoxy) is 1. The van der Waals surface area contributed by atoms with Gasteiger partial charge in [-0.3, -0.25) is 14.4 Å². The van der Waals surface area contributed by atoms with Crippen LogP contribution in [0.5, 0.6) is 0 Å². The van der Waals surface area contributed by atoms with Gasteiger partial charge in [-0.15, -0.1) is 0 Å². The molecule has 1 aromatic heterocycles. The Morgan fingerprint density at radius 3 is 2.29 bits per heavy atom. The molecule has 3 amide bonds. The van der Waals surface area contributed by atoms with Crippen molar-refractivity contribution in [1.82, 2.24) is 25.1 Å². The van der Waals surface area contributed by atoms with Crippen LogP contribution in [0.1, 0.15) is 70.8 Å². The van der Waals surface area contributed by atoms with Crippen molar-refractivity contribution in [2.75, 3.05) is 32.1 Å². The van der Waals surface area contributed by atoms with Crippen LogP contribution in [-0.2, 0) is 41.9 Å². The second-order valence-corrected chi connectivity index (χ2v) is 17.7. The monoisotopic (exact) mass is 729 g/mol. The van der Waals surface area contributed by atoms with E-state index in [0.717, 1.165) is 50.5 Å². The van der Waals surface area contributed by atoms with Gasteiger partial charge in [0.15, 0.2) is 9.84 Å². The summed E-state index contributed by atoms with van der Waals surface area (Å²) >= 11 is 0. The minimum Gasteiger partial charge on any atom is -0.390 e. The summed E-state index contributed by atoms with van der Waals surface area (Å²) in [5.41, 5.74) is 0.727. The minimum absolute atomic E-state index is 0.000806. The second kappa shape index (κ2) is 17.5. The number of benzene rings is 1. The number of aromatic nitrogens is 2. The molecule has 0 spiro atoms. The first-order valence-electron chi connectivity index (χ1n) is 18.4. The van der Waals surface area contributed by atoms with E-state index in [-0.39, 0.29) is 37.9 Å². The third-order valence-electron chi connectivity index (χ3n) is 10.8. The van der Waals surface area contributed by atoms with E-state index in [9.17, 15) is 33.0 Å². The molecule has 14 heteroatoms. The van der Waals surface area contributed by atoms with E-state index >= 15 is 0 Å². The van der Waals surface area contributed by atoms with E-state index in [0.29, 0.717) is 19.6 Å². The number of hydrogen-bond acceptors (Lipinski definition) is 9. The van der Waals surface area contributed by atoms with Gasteiger partial charge in [-0.25, -0.2) is 13.4 Å². The Kier molecular flexibility index (Phi) is 13.3. The molecule has 5 rings (SSSR count). The quantitative estimate of drug-likeness (QED) is 0.189. The van der Waals surface area contributed by atoms with Gasteiger partial charge in [-0.05, 0) is 56.9 Å². The molecular formula is C37H55N5O8S. The maximum Gasteiger partial charge on any atom is 0.244 e. The van der Waals surface area contributed by atoms with E-state index in [1.807, 2.05) is 6.07 Å². The molecule has 2 aliphatic carbocycles. The Bertz CT molecular complexity index is 1540. The summed E-state index contributed by atoms with van der Waals surface area (Å²) in [6.45, 7) is 3.96. The summed E-state index contributed by atoms with van der Waals surface area (Å²) in [5, 5.41) is 28.0. The standard InChI is InChI=1S/C37H55N5O8S/c1-37(2,36(47)42-17-19-50-20-18-42)51(48,49)24-29(21-26-9-5-3-6-10-26)34(45)40-31(23-41-16-15-38-25-41)35(46)39-30(22-27-11-7-4-8-12-27)33(44)32(43)28-13-14-28/h3,5-6,9-10,15-16,25,27-33,43-44H,4,7-8,11-14,17-24H2,1-2H3,(H,39,46)(H,40,45)/t29-,30+,31+,32+,33-/m1/s1. The molecule has 0 radical (unpaired) electrons. The number of carbonyl (C=O) groups is 3. The van der Waals surface area contributed by atoms with Crippen LogP contribution in [0, 0.1) is 17.8 Å². The topological polar surface area (TPSA) is 180 Å². The van der Waals surface area contributed by atoms with Crippen LogP contribution in [0.4, 0.5) is 0 Å². The first-order valence-corrected chi connectivity index (χ1v) is 20.1. The number of nitrogens with zero attached hydrogens (tertiary/aromatic N) is 3. The van der Waals surface area contributed by atoms with Gasteiger partial charge in [0.25, 0.3) is 0 Å². The van der Waals surface area contributed by atoms with Crippen molar-refractivity contribution in [3.8, 4) is 0 Å². The Hall–Kier alpha value is -3.33. The molecule has 0 unspecified atom stereocenters. The molecule has 5 atom stereocenters. The lowest BCUT2D eigenvalue weighted by Gasteiger charge is -2.35. The van der Waals surface area contributed by atoms with Gasteiger partial charge in [0.05, 0.1) is 49.9 Å². The number of carbonyl (C=O) groups excluding carboxylic acids is 3. The highest BCUT2D eigenvalue weighted by Gasteiger charge is 2.46. The molecule has 2 aromatic rings.